The van der Waals surface area contributed by atoms with Crippen LogP contribution in [-0.4, -0.2) is 57.7 Å². The van der Waals surface area contributed by atoms with E-state index in [2.05, 4.69) is 0 Å². The lowest BCUT2D eigenvalue weighted by Gasteiger charge is -2.39. The molecular formula is C15H16N2O7. The highest BCUT2D eigenvalue weighted by molar-refractivity contribution is 5.75. The molecule has 0 bridgehead atoms. The van der Waals surface area contributed by atoms with Gasteiger partial charge in [-0.05, 0) is 12.1 Å². The van der Waals surface area contributed by atoms with Crippen molar-refractivity contribution in [3.05, 3.63) is 29.7 Å². The van der Waals surface area contributed by atoms with E-state index in [0.717, 1.165) is 6.08 Å². The Morgan fingerprint density at radius 1 is 1.21 bits per heavy atom. The molecule has 128 valence electrons. The summed E-state index contributed by atoms with van der Waals surface area (Å²) < 4.78 is 15.8. The third-order valence-corrected chi connectivity index (χ3v) is 3.49. The van der Waals surface area contributed by atoms with Gasteiger partial charge in [0.25, 0.3) is 0 Å². The summed E-state index contributed by atoms with van der Waals surface area (Å²) in [4.78, 5) is 0. The third kappa shape index (κ3) is 3.80. The predicted octanol–water partition coefficient (Wildman–Crippen LogP) is -0.973. The molecule has 0 radical (unpaired) electrons. The number of furan rings is 1. The number of ether oxygens (including phenoxy) is 2. The van der Waals surface area contributed by atoms with E-state index in [1.807, 2.05) is 6.07 Å². The number of allylic oxidation sites excluding steroid dienone is 2. The van der Waals surface area contributed by atoms with Gasteiger partial charge in [0.1, 0.15) is 54.2 Å². The largest absolute Gasteiger partial charge is 0.458 e. The highest BCUT2D eigenvalue weighted by atomic mass is 16.7. The van der Waals surface area contributed by atoms with Crippen LogP contribution in [0, 0.1) is 22.7 Å². The summed E-state index contributed by atoms with van der Waals surface area (Å²) in [6.07, 6.45) is -5.80. The zero-order chi connectivity index (χ0) is 17.7. The lowest BCUT2D eigenvalue weighted by atomic mass is 9.99. The quantitative estimate of drug-likeness (QED) is 0.496. The van der Waals surface area contributed by atoms with Crippen molar-refractivity contribution in [2.45, 2.75) is 37.3 Å². The van der Waals surface area contributed by atoms with Gasteiger partial charge < -0.3 is 34.3 Å². The SMILES string of the molecule is N#CC=C(C#N)c1ccc(CO[C@H]2O[C@H](CO)[C@@H](O)[C@H](O)[C@H]2O)o1. The molecule has 0 amide bonds. The lowest BCUT2D eigenvalue weighted by molar-refractivity contribution is -0.304. The molecule has 2 rings (SSSR count). The molecule has 1 fully saturated rings. The molecule has 0 saturated carbocycles. The van der Waals surface area contributed by atoms with Gasteiger partial charge in [0, 0.05) is 6.08 Å². The number of nitriles is 2. The Hall–Kier alpha value is -2.24. The fourth-order valence-corrected chi connectivity index (χ4v) is 2.19. The fraction of sp³-hybridized carbons (Fsp3) is 0.467. The lowest BCUT2D eigenvalue weighted by Crippen LogP contribution is -2.59. The molecule has 0 aliphatic carbocycles. The zero-order valence-electron chi connectivity index (χ0n) is 12.4. The van der Waals surface area contributed by atoms with Crippen LogP contribution in [0.4, 0.5) is 0 Å². The van der Waals surface area contributed by atoms with Crippen LogP contribution < -0.4 is 0 Å². The van der Waals surface area contributed by atoms with Crippen molar-refractivity contribution in [3.8, 4) is 12.1 Å². The van der Waals surface area contributed by atoms with Gasteiger partial charge in [0.2, 0.25) is 0 Å². The first kappa shape index (κ1) is 18.1. The average Bonchev–Trinajstić information content (AvgIpc) is 3.05. The van der Waals surface area contributed by atoms with Crippen LogP contribution >= 0.6 is 0 Å². The predicted molar refractivity (Wildman–Crippen MR) is 76.5 cm³/mol. The standard InChI is InChI=1S/C15H16N2O7/c16-4-3-8(5-17)10-2-1-9(23-10)7-22-15-14(21)13(20)12(19)11(6-18)24-15/h1-3,11-15,18-21H,6-7H2/t11-,12-,13+,14-,15+/m1/s1. The summed E-state index contributed by atoms with van der Waals surface area (Å²) >= 11 is 0. The highest BCUT2D eigenvalue weighted by Gasteiger charge is 2.44. The van der Waals surface area contributed by atoms with Gasteiger partial charge in [0.15, 0.2) is 6.29 Å². The first-order chi connectivity index (χ1) is 11.5. The minimum Gasteiger partial charge on any atom is -0.458 e. The Bertz CT molecular complexity index is 670. The van der Waals surface area contributed by atoms with E-state index in [-0.39, 0.29) is 17.9 Å². The maximum atomic E-state index is 9.84. The van der Waals surface area contributed by atoms with Gasteiger partial charge in [0.05, 0.1) is 12.7 Å². The van der Waals surface area contributed by atoms with E-state index in [1.54, 1.807) is 6.07 Å². The number of aliphatic hydroxyl groups excluding tert-OH is 4. The zero-order valence-corrected chi connectivity index (χ0v) is 12.4. The molecule has 9 nitrogen and oxygen atoms in total. The first-order valence-corrected chi connectivity index (χ1v) is 7.03. The van der Waals surface area contributed by atoms with Crippen molar-refractivity contribution in [2.75, 3.05) is 6.61 Å². The Kier molecular flexibility index (Phi) is 6.06. The van der Waals surface area contributed by atoms with E-state index >= 15 is 0 Å². The molecule has 1 aliphatic rings. The topological polar surface area (TPSA) is 160 Å². The van der Waals surface area contributed by atoms with Crippen molar-refractivity contribution in [1.29, 1.82) is 10.5 Å². The van der Waals surface area contributed by atoms with E-state index in [1.165, 1.54) is 12.1 Å². The molecule has 0 aromatic carbocycles. The Labute approximate surface area is 137 Å². The molecule has 1 aromatic rings. The van der Waals surface area contributed by atoms with Crippen molar-refractivity contribution in [3.63, 3.8) is 0 Å². The number of nitrogens with zero attached hydrogens (tertiary/aromatic N) is 2. The summed E-state index contributed by atoms with van der Waals surface area (Å²) in [6, 6.07) is 6.55. The molecule has 1 aromatic heterocycles. The first-order valence-electron chi connectivity index (χ1n) is 7.03. The van der Waals surface area contributed by atoms with E-state index < -0.39 is 37.3 Å². The van der Waals surface area contributed by atoms with Gasteiger partial charge in [-0.2, -0.15) is 10.5 Å². The summed E-state index contributed by atoms with van der Waals surface area (Å²) in [5, 5.41) is 55.8. The minimum absolute atomic E-state index is 0.0524. The van der Waals surface area contributed by atoms with Crippen LogP contribution in [0.3, 0.4) is 0 Å². The maximum absolute atomic E-state index is 9.84. The van der Waals surface area contributed by atoms with Crippen LogP contribution in [0.2, 0.25) is 0 Å². The second-order valence-corrected chi connectivity index (χ2v) is 5.07. The summed E-state index contributed by atoms with van der Waals surface area (Å²) in [5.74, 6) is 0.479. The molecular weight excluding hydrogens is 320 g/mol. The molecule has 0 spiro atoms. The van der Waals surface area contributed by atoms with Crippen molar-refractivity contribution in [1.82, 2.24) is 0 Å². The van der Waals surface area contributed by atoms with Crippen molar-refractivity contribution in [2.24, 2.45) is 0 Å². The second kappa shape index (κ2) is 8.04. The van der Waals surface area contributed by atoms with Gasteiger partial charge in [-0.25, -0.2) is 0 Å². The van der Waals surface area contributed by atoms with E-state index in [0.29, 0.717) is 5.76 Å². The summed E-state index contributed by atoms with van der Waals surface area (Å²) in [5.41, 5.74) is 0.0524. The second-order valence-electron chi connectivity index (χ2n) is 5.07. The van der Waals surface area contributed by atoms with E-state index in [4.69, 9.17) is 29.5 Å². The number of hydrogen-bond acceptors (Lipinski definition) is 9. The molecule has 5 atom stereocenters. The van der Waals surface area contributed by atoms with Gasteiger partial charge >= 0.3 is 0 Å². The molecule has 0 unspecified atom stereocenters. The Morgan fingerprint density at radius 3 is 2.58 bits per heavy atom. The highest BCUT2D eigenvalue weighted by Crippen LogP contribution is 2.24. The number of aliphatic hydroxyl groups is 4. The van der Waals surface area contributed by atoms with Gasteiger partial charge in [-0.3, -0.25) is 0 Å². The molecule has 24 heavy (non-hydrogen) atoms. The normalized spacial score (nSPS) is 30.6. The number of hydrogen-bond donors (Lipinski definition) is 4. The van der Waals surface area contributed by atoms with Crippen LogP contribution in [0.25, 0.3) is 5.57 Å². The van der Waals surface area contributed by atoms with Crippen LogP contribution in [0.1, 0.15) is 11.5 Å². The molecule has 2 heterocycles. The molecule has 9 heteroatoms. The Balaban J connectivity index is 2.01. The van der Waals surface area contributed by atoms with Gasteiger partial charge in [-0.15, -0.1) is 0 Å². The Morgan fingerprint density at radius 2 is 1.96 bits per heavy atom. The summed E-state index contributed by atoms with van der Waals surface area (Å²) in [7, 11) is 0. The van der Waals surface area contributed by atoms with Crippen LogP contribution in [0.5, 0.6) is 0 Å². The molecule has 4 N–H and O–H groups in total. The fourth-order valence-electron chi connectivity index (χ4n) is 2.19. The van der Waals surface area contributed by atoms with Crippen LogP contribution in [-0.2, 0) is 16.1 Å². The summed E-state index contributed by atoms with van der Waals surface area (Å²) in [6.45, 7) is -0.714. The van der Waals surface area contributed by atoms with Crippen molar-refractivity contribution < 1.29 is 34.3 Å². The minimum atomic E-state index is -1.53. The molecule has 1 saturated heterocycles. The monoisotopic (exact) mass is 336 g/mol. The van der Waals surface area contributed by atoms with E-state index in [9.17, 15) is 15.3 Å². The smallest absolute Gasteiger partial charge is 0.187 e. The van der Waals surface area contributed by atoms with Crippen LogP contribution in [0.15, 0.2) is 22.6 Å². The van der Waals surface area contributed by atoms with Crippen molar-refractivity contribution >= 4 is 5.57 Å². The maximum Gasteiger partial charge on any atom is 0.187 e. The number of rotatable bonds is 5. The van der Waals surface area contributed by atoms with Gasteiger partial charge in [-0.1, -0.05) is 0 Å². The average molecular weight is 336 g/mol. The third-order valence-electron chi connectivity index (χ3n) is 3.49. The molecule has 1 aliphatic heterocycles.